The lowest BCUT2D eigenvalue weighted by molar-refractivity contribution is -0.141. The summed E-state index contributed by atoms with van der Waals surface area (Å²) >= 11 is 9.13. The molecule has 1 unspecified atom stereocenters. The van der Waals surface area contributed by atoms with Crippen LogP contribution in [-0.2, 0) is 16.1 Å². The Bertz CT molecular complexity index is 524. The lowest BCUT2D eigenvalue weighted by Gasteiger charge is -2.15. The topological polar surface area (TPSA) is 38.3 Å². The molecule has 0 fully saturated rings. The average molecular weight is 316 g/mol. The third-order valence-electron chi connectivity index (χ3n) is 2.63. The van der Waals surface area contributed by atoms with Crippen molar-refractivity contribution in [2.24, 2.45) is 0 Å². The summed E-state index contributed by atoms with van der Waals surface area (Å²) in [6, 6.07) is 5.91. The summed E-state index contributed by atoms with van der Waals surface area (Å²) in [6.07, 6.45) is 0.329. The van der Waals surface area contributed by atoms with Crippen LogP contribution >= 0.6 is 34.3 Å². The number of methoxy groups -OCH3 is 1. The zero-order valence-electron chi connectivity index (χ0n) is 10.4. The number of hydrogen-bond acceptors (Lipinski definition) is 5. The van der Waals surface area contributed by atoms with Gasteiger partial charge in [0.25, 0.3) is 0 Å². The standard InChI is InChI=1S/C13H14ClNO2S2/c1-17-13(16)6-11(12-3-2-4-18-12)15-7-10-5-9(14)8-19-10/h2-5,8,11,15H,6-7H2,1H3. The Kier molecular flexibility index (Phi) is 5.39. The van der Waals surface area contributed by atoms with Gasteiger partial charge >= 0.3 is 5.97 Å². The fourth-order valence-electron chi connectivity index (χ4n) is 1.68. The molecule has 0 saturated heterocycles. The molecule has 0 spiro atoms. The molecule has 2 heterocycles. The number of thiophene rings is 2. The fraction of sp³-hybridized carbons (Fsp3) is 0.308. The van der Waals surface area contributed by atoms with E-state index in [-0.39, 0.29) is 12.0 Å². The van der Waals surface area contributed by atoms with E-state index in [1.807, 2.05) is 29.0 Å². The van der Waals surface area contributed by atoms with E-state index in [0.29, 0.717) is 13.0 Å². The molecular formula is C13H14ClNO2S2. The summed E-state index contributed by atoms with van der Waals surface area (Å²) in [7, 11) is 1.41. The number of hydrogen-bond donors (Lipinski definition) is 1. The van der Waals surface area contributed by atoms with Crippen LogP contribution in [0.3, 0.4) is 0 Å². The van der Waals surface area contributed by atoms with Crippen LogP contribution in [0.4, 0.5) is 0 Å². The quantitative estimate of drug-likeness (QED) is 0.823. The van der Waals surface area contributed by atoms with E-state index >= 15 is 0 Å². The van der Waals surface area contributed by atoms with Crippen molar-refractivity contribution >= 4 is 40.2 Å². The molecule has 102 valence electrons. The van der Waals surface area contributed by atoms with Crippen LogP contribution in [0.15, 0.2) is 29.0 Å². The Balaban J connectivity index is 1.99. The van der Waals surface area contributed by atoms with Crippen LogP contribution in [0, 0.1) is 0 Å². The molecule has 0 bridgehead atoms. The Labute approximate surface area is 125 Å². The van der Waals surface area contributed by atoms with E-state index in [0.717, 1.165) is 14.8 Å². The maximum Gasteiger partial charge on any atom is 0.307 e. The third kappa shape index (κ3) is 4.31. The zero-order valence-corrected chi connectivity index (χ0v) is 12.8. The summed E-state index contributed by atoms with van der Waals surface area (Å²) in [5, 5.41) is 8.04. The molecular weight excluding hydrogens is 302 g/mol. The number of carbonyl (C=O) groups excluding carboxylic acids is 1. The molecule has 0 saturated carbocycles. The smallest absolute Gasteiger partial charge is 0.307 e. The minimum atomic E-state index is -0.213. The van der Waals surface area contributed by atoms with E-state index in [9.17, 15) is 4.79 Å². The Hall–Kier alpha value is -0.880. The molecule has 0 aliphatic carbocycles. The number of ether oxygens (including phenoxy) is 1. The van der Waals surface area contributed by atoms with Gasteiger partial charge in [0.05, 0.1) is 24.6 Å². The first-order valence-corrected chi connectivity index (χ1v) is 7.89. The molecule has 6 heteroatoms. The highest BCUT2D eigenvalue weighted by atomic mass is 35.5. The maximum absolute atomic E-state index is 11.5. The van der Waals surface area contributed by atoms with Crippen molar-refractivity contribution in [3.63, 3.8) is 0 Å². The van der Waals surface area contributed by atoms with E-state index in [2.05, 4.69) is 5.32 Å². The molecule has 2 aromatic heterocycles. The largest absolute Gasteiger partial charge is 0.469 e. The van der Waals surface area contributed by atoms with Crippen molar-refractivity contribution in [2.75, 3.05) is 7.11 Å². The van der Waals surface area contributed by atoms with E-state index < -0.39 is 0 Å². The zero-order chi connectivity index (χ0) is 13.7. The van der Waals surface area contributed by atoms with Crippen molar-refractivity contribution in [3.05, 3.63) is 43.7 Å². The first kappa shape index (κ1) is 14.5. The minimum Gasteiger partial charge on any atom is -0.469 e. The summed E-state index contributed by atoms with van der Waals surface area (Å²) in [5.41, 5.74) is 0. The first-order chi connectivity index (χ1) is 9.19. The highest BCUT2D eigenvalue weighted by Crippen LogP contribution is 2.24. The van der Waals surface area contributed by atoms with Crippen molar-refractivity contribution < 1.29 is 9.53 Å². The molecule has 0 amide bonds. The first-order valence-electron chi connectivity index (χ1n) is 5.75. The second-order valence-electron chi connectivity index (χ2n) is 3.96. The molecule has 19 heavy (non-hydrogen) atoms. The number of nitrogens with one attached hydrogen (secondary N) is 1. The molecule has 3 nitrogen and oxygen atoms in total. The van der Waals surface area contributed by atoms with Crippen LogP contribution in [-0.4, -0.2) is 13.1 Å². The van der Waals surface area contributed by atoms with Crippen LogP contribution in [0.25, 0.3) is 0 Å². The highest BCUT2D eigenvalue weighted by molar-refractivity contribution is 7.10. The SMILES string of the molecule is COC(=O)CC(NCc1cc(Cl)cs1)c1cccs1. The highest BCUT2D eigenvalue weighted by Gasteiger charge is 2.17. The van der Waals surface area contributed by atoms with Gasteiger partial charge in [0.15, 0.2) is 0 Å². The van der Waals surface area contributed by atoms with Gasteiger partial charge in [-0.25, -0.2) is 0 Å². The predicted molar refractivity (Wildman–Crippen MR) is 79.9 cm³/mol. The van der Waals surface area contributed by atoms with Crippen molar-refractivity contribution in [1.29, 1.82) is 0 Å². The van der Waals surface area contributed by atoms with Crippen molar-refractivity contribution in [1.82, 2.24) is 5.32 Å². The van der Waals surface area contributed by atoms with Crippen molar-refractivity contribution in [2.45, 2.75) is 19.0 Å². The van der Waals surface area contributed by atoms with Gasteiger partial charge in [-0.15, -0.1) is 22.7 Å². The minimum absolute atomic E-state index is 0.0201. The predicted octanol–water partition coefficient (Wildman–Crippen LogP) is 3.86. The molecule has 0 radical (unpaired) electrons. The Morgan fingerprint density at radius 1 is 1.53 bits per heavy atom. The molecule has 0 aliphatic rings. The molecule has 2 rings (SSSR count). The number of rotatable bonds is 6. The van der Waals surface area contributed by atoms with E-state index in [1.165, 1.54) is 7.11 Å². The van der Waals surface area contributed by atoms with Gasteiger partial charge in [0.1, 0.15) is 0 Å². The monoisotopic (exact) mass is 315 g/mol. The van der Waals surface area contributed by atoms with E-state index in [4.69, 9.17) is 16.3 Å². The number of esters is 1. The molecule has 2 aromatic rings. The van der Waals surface area contributed by atoms with Gasteiger partial charge in [0, 0.05) is 21.7 Å². The Morgan fingerprint density at radius 3 is 2.95 bits per heavy atom. The number of carbonyl (C=O) groups is 1. The second kappa shape index (κ2) is 7.05. The Morgan fingerprint density at radius 2 is 2.37 bits per heavy atom. The van der Waals surface area contributed by atoms with E-state index in [1.54, 1.807) is 22.7 Å². The average Bonchev–Trinajstić information content (AvgIpc) is 3.05. The third-order valence-corrected chi connectivity index (χ3v) is 4.90. The van der Waals surface area contributed by atoms with Crippen LogP contribution in [0.5, 0.6) is 0 Å². The van der Waals surface area contributed by atoms with Gasteiger partial charge in [-0.3, -0.25) is 4.79 Å². The fourth-order valence-corrected chi connectivity index (χ4v) is 3.51. The van der Waals surface area contributed by atoms with Crippen LogP contribution in [0.2, 0.25) is 5.02 Å². The summed E-state index contributed by atoms with van der Waals surface area (Å²) in [4.78, 5) is 13.7. The van der Waals surface area contributed by atoms with Gasteiger partial charge in [-0.05, 0) is 17.5 Å². The summed E-state index contributed by atoms with van der Waals surface area (Å²) in [6.45, 7) is 0.691. The van der Waals surface area contributed by atoms with Gasteiger partial charge in [0.2, 0.25) is 0 Å². The maximum atomic E-state index is 11.5. The molecule has 0 aromatic carbocycles. The van der Waals surface area contributed by atoms with Crippen LogP contribution in [0.1, 0.15) is 22.2 Å². The molecule has 1 N–H and O–H groups in total. The second-order valence-corrected chi connectivity index (χ2v) is 6.37. The molecule has 0 aliphatic heterocycles. The van der Waals surface area contributed by atoms with Gasteiger partial charge in [-0.2, -0.15) is 0 Å². The lowest BCUT2D eigenvalue weighted by Crippen LogP contribution is -2.23. The summed E-state index contributed by atoms with van der Waals surface area (Å²) in [5.74, 6) is -0.213. The number of halogens is 1. The molecule has 1 atom stereocenters. The van der Waals surface area contributed by atoms with Crippen molar-refractivity contribution in [3.8, 4) is 0 Å². The van der Waals surface area contributed by atoms with Crippen LogP contribution < -0.4 is 5.32 Å². The summed E-state index contributed by atoms with van der Waals surface area (Å²) < 4.78 is 4.74. The van der Waals surface area contributed by atoms with Gasteiger partial charge < -0.3 is 10.1 Å². The normalized spacial score (nSPS) is 12.3. The van der Waals surface area contributed by atoms with Gasteiger partial charge in [-0.1, -0.05) is 17.7 Å². The lowest BCUT2D eigenvalue weighted by atomic mass is 10.1.